The average Bonchev–Trinajstić information content (AvgIpc) is 2.91. The fourth-order valence-electron chi connectivity index (χ4n) is 5.68. The van der Waals surface area contributed by atoms with Crippen LogP contribution in [0.5, 0.6) is 0 Å². The first-order valence-electron chi connectivity index (χ1n) is 17.4. The first-order chi connectivity index (χ1) is 19.0. The molecule has 1 unspecified atom stereocenters. The molecular formula is C35H68O4. The summed E-state index contributed by atoms with van der Waals surface area (Å²) in [6.07, 6.45) is 32.0. The Kier molecular flexibility index (Phi) is 29.1. The van der Waals surface area contributed by atoms with Gasteiger partial charge >= 0.3 is 11.9 Å². The van der Waals surface area contributed by atoms with Crippen molar-refractivity contribution >= 4 is 11.9 Å². The Labute approximate surface area is 243 Å². The number of aliphatic carboxylic acids is 1. The van der Waals surface area contributed by atoms with E-state index in [1.807, 2.05) is 0 Å². The van der Waals surface area contributed by atoms with Crippen LogP contribution in [0.1, 0.15) is 201 Å². The minimum absolute atomic E-state index is 0.0134. The van der Waals surface area contributed by atoms with Gasteiger partial charge in [-0.15, -0.1) is 0 Å². The van der Waals surface area contributed by atoms with E-state index in [2.05, 4.69) is 20.8 Å². The molecule has 0 aromatic rings. The molecule has 232 valence electrons. The number of carbonyl (C=O) groups excluding carboxylic acids is 1. The Bertz CT molecular complexity index is 519. The molecule has 0 bridgehead atoms. The van der Waals surface area contributed by atoms with Gasteiger partial charge in [0.05, 0.1) is 0 Å². The molecule has 0 aliphatic rings. The van der Waals surface area contributed by atoms with Gasteiger partial charge in [-0.2, -0.15) is 0 Å². The molecule has 0 aliphatic carbocycles. The van der Waals surface area contributed by atoms with Gasteiger partial charge in [-0.05, 0) is 50.9 Å². The van der Waals surface area contributed by atoms with E-state index in [1.165, 1.54) is 109 Å². The molecule has 0 heterocycles. The third-order valence-electron chi connectivity index (χ3n) is 8.23. The van der Waals surface area contributed by atoms with Gasteiger partial charge in [-0.25, -0.2) is 0 Å². The standard InChI is InChI=1S/C35H68O4/c1-4-7-10-13-14-15-18-21-26-32(31-34(36)37)27-22-19-20-25-30-35(38)39-33(28-23-16-11-8-5-2)29-24-17-12-9-6-3/h32-33H,4-31H2,1-3H3,(H,36,37). The zero-order chi connectivity index (χ0) is 28.8. The number of carboxylic acids is 1. The SMILES string of the molecule is CCCCCCCCCCC(CCCCCCC(=O)OC(CCCCCCC)CCCCCCC)CC(=O)O. The molecule has 4 nitrogen and oxygen atoms in total. The predicted octanol–water partition coefficient (Wildman–Crippen LogP) is 11.6. The van der Waals surface area contributed by atoms with Crippen LogP contribution < -0.4 is 0 Å². The van der Waals surface area contributed by atoms with Crippen molar-refractivity contribution in [2.45, 2.75) is 207 Å². The summed E-state index contributed by atoms with van der Waals surface area (Å²) in [5.41, 5.74) is 0. The average molecular weight is 553 g/mol. The molecule has 0 aliphatic heterocycles. The summed E-state index contributed by atoms with van der Waals surface area (Å²) in [4.78, 5) is 23.9. The second-order valence-corrected chi connectivity index (χ2v) is 12.2. The molecule has 0 rings (SSSR count). The highest BCUT2D eigenvalue weighted by atomic mass is 16.5. The maximum Gasteiger partial charge on any atom is 0.306 e. The monoisotopic (exact) mass is 553 g/mol. The normalized spacial score (nSPS) is 12.2. The van der Waals surface area contributed by atoms with E-state index in [9.17, 15) is 14.7 Å². The van der Waals surface area contributed by atoms with Crippen molar-refractivity contribution in [1.82, 2.24) is 0 Å². The zero-order valence-electron chi connectivity index (χ0n) is 26.6. The number of carbonyl (C=O) groups is 2. The largest absolute Gasteiger partial charge is 0.481 e. The van der Waals surface area contributed by atoms with Gasteiger partial charge in [0.25, 0.3) is 0 Å². The summed E-state index contributed by atoms with van der Waals surface area (Å²) in [6, 6.07) is 0. The van der Waals surface area contributed by atoms with Crippen molar-refractivity contribution in [1.29, 1.82) is 0 Å². The minimum Gasteiger partial charge on any atom is -0.481 e. The Hall–Kier alpha value is -1.06. The number of ether oxygens (including phenoxy) is 1. The molecule has 0 aromatic heterocycles. The van der Waals surface area contributed by atoms with Crippen LogP contribution in [0.15, 0.2) is 0 Å². The number of hydrogen-bond donors (Lipinski definition) is 1. The summed E-state index contributed by atoms with van der Waals surface area (Å²) in [7, 11) is 0. The van der Waals surface area contributed by atoms with Crippen molar-refractivity contribution < 1.29 is 19.4 Å². The third kappa shape index (κ3) is 28.3. The van der Waals surface area contributed by atoms with Gasteiger partial charge in [0, 0.05) is 12.8 Å². The van der Waals surface area contributed by atoms with E-state index in [0.717, 1.165) is 57.8 Å². The number of rotatable bonds is 31. The highest BCUT2D eigenvalue weighted by Crippen LogP contribution is 2.23. The molecule has 0 spiro atoms. The minimum atomic E-state index is -0.660. The molecular weight excluding hydrogens is 484 g/mol. The van der Waals surface area contributed by atoms with Crippen LogP contribution >= 0.6 is 0 Å². The highest BCUT2D eigenvalue weighted by Gasteiger charge is 2.15. The Balaban J connectivity index is 4.11. The van der Waals surface area contributed by atoms with Crippen LogP contribution in [0.25, 0.3) is 0 Å². The van der Waals surface area contributed by atoms with Crippen molar-refractivity contribution in [3.63, 3.8) is 0 Å². The number of unbranched alkanes of at least 4 members (excludes halogenated alkanes) is 18. The lowest BCUT2D eigenvalue weighted by molar-refractivity contribution is -0.150. The molecule has 0 saturated carbocycles. The van der Waals surface area contributed by atoms with Crippen molar-refractivity contribution in [2.24, 2.45) is 5.92 Å². The molecule has 0 saturated heterocycles. The molecule has 0 fully saturated rings. The van der Waals surface area contributed by atoms with E-state index in [-0.39, 0.29) is 12.1 Å². The third-order valence-corrected chi connectivity index (χ3v) is 8.23. The highest BCUT2D eigenvalue weighted by molar-refractivity contribution is 5.69. The first kappa shape index (κ1) is 37.9. The lowest BCUT2D eigenvalue weighted by atomic mass is 9.91. The summed E-state index contributed by atoms with van der Waals surface area (Å²) >= 11 is 0. The van der Waals surface area contributed by atoms with E-state index in [0.29, 0.717) is 18.8 Å². The van der Waals surface area contributed by atoms with E-state index in [4.69, 9.17) is 4.74 Å². The Morgan fingerprint density at radius 1 is 0.513 bits per heavy atom. The molecule has 4 heteroatoms. The second kappa shape index (κ2) is 29.9. The fourth-order valence-corrected chi connectivity index (χ4v) is 5.68. The summed E-state index contributed by atoms with van der Waals surface area (Å²) in [6.45, 7) is 6.74. The van der Waals surface area contributed by atoms with Gasteiger partial charge in [0.1, 0.15) is 6.10 Å². The van der Waals surface area contributed by atoms with Crippen LogP contribution in [-0.4, -0.2) is 23.1 Å². The number of carboxylic acid groups (broad SMARTS) is 1. The van der Waals surface area contributed by atoms with E-state index < -0.39 is 5.97 Å². The van der Waals surface area contributed by atoms with Crippen molar-refractivity contribution in [3.05, 3.63) is 0 Å². The zero-order valence-corrected chi connectivity index (χ0v) is 26.6. The quantitative estimate of drug-likeness (QED) is 0.0686. The van der Waals surface area contributed by atoms with Gasteiger partial charge in [-0.3, -0.25) is 9.59 Å². The summed E-state index contributed by atoms with van der Waals surface area (Å²) < 4.78 is 5.94. The maximum absolute atomic E-state index is 12.5. The van der Waals surface area contributed by atoms with Crippen LogP contribution in [-0.2, 0) is 14.3 Å². The first-order valence-corrected chi connectivity index (χ1v) is 17.4. The molecule has 39 heavy (non-hydrogen) atoms. The lowest BCUT2D eigenvalue weighted by Gasteiger charge is -2.18. The van der Waals surface area contributed by atoms with Gasteiger partial charge in [-0.1, -0.05) is 143 Å². The molecule has 0 radical (unpaired) electrons. The molecule has 0 aromatic carbocycles. The Morgan fingerprint density at radius 3 is 1.28 bits per heavy atom. The van der Waals surface area contributed by atoms with Crippen molar-refractivity contribution in [3.8, 4) is 0 Å². The molecule has 1 atom stereocenters. The summed E-state index contributed by atoms with van der Waals surface area (Å²) in [5.74, 6) is -0.365. The molecule has 0 amide bonds. The van der Waals surface area contributed by atoms with Crippen LogP contribution in [0, 0.1) is 5.92 Å². The van der Waals surface area contributed by atoms with Crippen molar-refractivity contribution in [2.75, 3.05) is 0 Å². The Morgan fingerprint density at radius 2 is 0.872 bits per heavy atom. The predicted molar refractivity (Wildman–Crippen MR) is 167 cm³/mol. The van der Waals surface area contributed by atoms with E-state index >= 15 is 0 Å². The summed E-state index contributed by atoms with van der Waals surface area (Å²) in [5, 5.41) is 9.31. The fraction of sp³-hybridized carbons (Fsp3) is 0.943. The van der Waals surface area contributed by atoms with Gasteiger partial charge in [0.15, 0.2) is 0 Å². The van der Waals surface area contributed by atoms with E-state index in [1.54, 1.807) is 0 Å². The smallest absolute Gasteiger partial charge is 0.306 e. The van der Waals surface area contributed by atoms with Gasteiger partial charge in [0.2, 0.25) is 0 Å². The lowest BCUT2D eigenvalue weighted by Crippen LogP contribution is -2.18. The number of esters is 1. The van der Waals surface area contributed by atoms with Crippen LogP contribution in [0.2, 0.25) is 0 Å². The van der Waals surface area contributed by atoms with Crippen LogP contribution in [0.3, 0.4) is 0 Å². The topological polar surface area (TPSA) is 63.6 Å². The number of hydrogen-bond acceptors (Lipinski definition) is 3. The van der Waals surface area contributed by atoms with Gasteiger partial charge < -0.3 is 9.84 Å². The molecule has 1 N–H and O–H groups in total. The maximum atomic E-state index is 12.5. The van der Waals surface area contributed by atoms with Crippen LogP contribution in [0.4, 0.5) is 0 Å². The second-order valence-electron chi connectivity index (χ2n) is 12.2.